The number of carbonyl (C=O) groups excluding carboxylic acids is 2. The lowest BCUT2D eigenvalue weighted by Crippen LogP contribution is -2.28. The summed E-state index contributed by atoms with van der Waals surface area (Å²) in [6.07, 6.45) is 89.9. The average molecular weight is 1100 g/mol. The topological polar surface area (TPSA) is 72.8 Å². The fourth-order valence-corrected chi connectivity index (χ4v) is 11.6. The Hall–Kier alpha value is -1.36. The van der Waals surface area contributed by atoms with E-state index in [0.717, 1.165) is 32.1 Å². The van der Waals surface area contributed by atoms with Gasteiger partial charge in [0, 0.05) is 12.8 Å². The number of carbonyl (C=O) groups is 2. The minimum Gasteiger partial charge on any atom is -0.462 e. The monoisotopic (exact) mass is 1100 g/mol. The molecule has 5 nitrogen and oxygen atoms in total. The van der Waals surface area contributed by atoms with Crippen LogP contribution in [0.3, 0.4) is 0 Å². The first kappa shape index (κ1) is 76.6. The Bertz CT molecular complexity index is 1150. The molecule has 0 aliphatic carbocycles. The van der Waals surface area contributed by atoms with E-state index in [9.17, 15) is 14.7 Å². The van der Waals surface area contributed by atoms with Crippen LogP contribution in [-0.2, 0) is 19.1 Å². The van der Waals surface area contributed by atoms with E-state index >= 15 is 0 Å². The summed E-state index contributed by atoms with van der Waals surface area (Å²) in [6, 6.07) is 0. The molecule has 0 bridgehead atoms. The fourth-order valence-electron chi connectivity index (χ4n) is 11.6. The van der Waals surface area contributed by atoms with Gasteiger partial charge < -0.3 is 14.6 Å². The first-order chi connectivity index (χ1) is 38.6. The summed E-state index contributed by atoms with van der Waals surface area (Å²) in [4.78, 5) is 24.6. The van der Waals surface area contributed by atoms with Crippen molar-refractivity contribution in [2.75, 3.05) is 13.2 Å². The van der Waals surface area contributed by atoms with E-state index in [-0.39, 0.29) is 25.2 Å². The molecule has 0 aromatic carbocycles. The molecule has 1 atom stereocenters. The van der Waals surface area contributed by atoms with Crippen LogP contribution >= 0.6 is 0 Å². The normalized spacial score (nSPS) is 12.1. The third-order valence-electron chi connectivity index (χ3n) is 17.1. The van der Waals surface area contributed by atoms with Gasteiger partial charge in [-0.25, -0.2) is 0 Å². The molecule has 0 spiro atoms. The molecule has 464 valence electrons. The maximum atomic E-state index is 12.4. The molecule has 0 rings (SSSR count). The largest absolute Gasteiger partial charge is 0.462 e. The zero-order valence-electron chi connectivity index (χ0n) is 53.5. The Morgan fingerprint density at radius 1 is 0.282 bits per heavy atom. The van der Waals surface area contributed by atoms with Crippen LogP contribution in [0.5, 0.6) is 0 Å². The van der Waals surface area contributed by atoms with Crippen molar-refractivity contribution in [2.45, 2.75) is 431 Å². The van der Waals surface area contributed by atoms with E-state index < -0.39 is 6.10 Å². The van der Waals surface area contributed by atoms with Crippen molar-refractivity contribution in [2.24, 2.45) is 0 Å². The van der Waals surface area contributed by atoms with Gasteiger partial charge >= 0.3 is 11.9 Å². The average Bonchev–Trinajstić information content (AvgIpc) is 3.44. The Balaban J connectivity index is 3.34. The van der Waals surface area contributed by atoms with Crippen LogP contribution < -0.4 is 0 Å². The summed E-state index contributed by atoms with van der Waals surface area (Å²) < 4.78 is 10.8. The lowest BCUT2D eigenvalue weighted by Gasteiger charge is -2.15. The van der Waals surface area contributed by atoms with E-state index in [1.54, 1.807) is 0 Å². The number of esters is 2. The van der Waals surface area contributed by atoms with Crippen molar-refractivity contribution in [3.8, 4) is 0 Å². The molecule has 0 heterocycles. The quantitative estimate of drug-likeness (QED) is 0.0373. The lowest BCUT2D eigenvalue weighted by atomic mass is 10.0. The molecule has 0 aromatic rings. The third-order valence-corrected chi connectivity index (χ3v) is 17.1. The summed E-state index contributed by atoms with van der Waals surface area (Å²) in [5.74, 6) is -0.563. The number of rotatable bonds is 69. The van der Waals surface area contributed by atoms with Gasteiger partial charge in [0.1, 0.15) is 6.61 Å². The van der Waals surface area contributed by atoms with Gasteiger partial charge in [-0.15, -0.1) is 0 Å². The third kappa shape index (κ3) is 67.1. The number of aliphatic hydroxyl groups excluding tert-OH is 1. The van der Waals surface area contributed by atoms with Crippen LogP contribution in [-0.4, -0.2) is 36.4 Å². The molecule has 0 amide bonds. The molecule has 0 aromatic heterocycles. The van der Waals surface area contributed by atoms with Gasteiger partial charge in [0.15, 0.2) is 6.10 Å². The van der Waals surface area contributed by atoms with Gasteiger partial charge in [-0.3, -0.25) is 9.59 Å². The van der Waals surface area contributed by atoms with Crippen LogP contribution in [0.25, 0.3) is 0 Å². The molecule has 0 saturated carbocycles. The molecule has 78 heavy (non-hydrogen) atoms. The van der Waals surface area contributed by atoms with Crippen molar-refractivity contribution in [3.05, 3.63) is 12.2 Å². The second-order valence-electron chi connectivity index (χ2n) is 25.0. The second-order valence-corrected chi connectivity index (χ2v) is 25.0. The number of hydrogen-bond acceptors (Lipinski definition) is 5. The highest BCUT2D eigenvalue weighted by molar-refractivity contribution is 5.70. The molecule has 0 fully saturated rings. The van der Waals surface area contributed by atoms with E-state index in [0.29, 0.717) is 12.8 Å². The van der Waals surface area contributed by atoms with Gasteiger partial charge in [-0.2, -0.15) is 0 Å². The van der Waals surface area contributed by atoms with Crippen molar-refractivity contribution in [3.63, 3.8) is 0 Å². The molecule has 0 radical (unpaired) electrons. The summed E-state index contributed by atoms with van der Waals surface area (Å²) in [7, 11) is 0. The fraction of sp³-hybridized carbons (Fsp3) is 0.945. The van der Waals surface area contributed by atoms with E-state index in [1.807, 2.05) is 0 Å². The number of ether oxygens (including phenoxy) is 2. The van der Waals surface area contributed by atoms with Gasteiger partial charge in [-0.1, -0.05) is 386 Å². The van der Waals surface area contributed by atoms with Crippen molar-refractivity contribution in [1.82, 2.24) is 0 Å². The van der Waals surface area contributed by atoms with Gasteiger partial charge in [0.05, 0.1) is 6.61 Å². The Morgan fingerprint density at radius 3 is 0.692 bits per heavy atom. The van der Waals surface area contributed by atoms with Crippen LogP contribution in [0.1, 0.15) is 425 Å². The number of allylic oxidation sites excluding steroid dienone is 2. The first-order valence-corrected chi connectivity index (χ1v) is 36.2. The van der Waals surface area contributed by atoms with Crippen LogP contribution in [0, 0.1) is 0 Å². The summed E-state index contributed by atoms with van der Waals surface area (Å²) in [5.41, 5.74) is 0. The highest BCUT2D eigenvalue weighted by Crippen LogP contribution is 2.20. The van der Waals surface area contributed by atoms with Crippen molar-refractivity contribution in [1.29, 1.82) is 0 Å². The Morgan fingerprint density at radius 2 is 0.474 bits per heavy atom. The number of hydrogen-bond donors (Lipinski definition) is 1. The molecule has 1 unspecified atom stereocenters. The van der Waals surface area contributed by atoms with Gasteiger partial charge in [-0.05, 0) is 38.5 Å². The van der Waals surface area contributed by atoms with E-state index in [4.69, 9.17) is 9.47 Å². The second kappa shape index (κ2) is 69.9. The molecule has 0 aliphatic rings. The Labute approximate surface area is 490 Å². The zero-order valence-corrected chi connectivity index (χ0v) is 53.5. The first-order valence-electron chi connectivity index (χ1n) is 36.2. The SMILES string of the molecule is CCCCCCCCCC/C=C\CCCCCCCCCCCCCCCC(=O)OC(CO)COC(=O)CCCCCCCCCCCCCCCCCCCCCCCCCCCCCCCCCCCCCCCCC. The molecule has 0 saturated heterocycles. The molecule has 1 N–H and O–H groups in total. The maximum absolute atomic E-state index is 12.4. The van der Waals surface area contributed by atoms with Gasteiger partial charge in [0.25, 0.3) is 0 Å². The van der Waals surface area contributed by atoms with Crippen LogP contribution in [0.4, 0.5) is 0 Å². The predicted octanol–water partition coefficient (Wildman–Crippen LogP) is 25.0. The summed E-state index contributed by atoms with van der Waals surface area (Å²) in [6.45, 7) is 4.22. The van der Waals surface area contributed by atoms with Crippen molar-refractivity contribution >= 4 is 11.9 Å². The smallest absolute Gasteiger partial charge is 0.306 e. The van der Waals surface area contributed by atoms with Crippen molar-refractivity contribution < 1.29 is 24.2 Å². The molecular weight excluding hydrogens is 957 g/mol. The minimum atomic E-state index is -0.768. The predicted molar refractivity (Wildman–Crippen MR) is 344 cm³/mol. The molecule has 0 aliphatic heterocycles. The summed E-state index contributed by atoms with van der Waals surface area (Å²) >= 11 is 0. The number of aliphatic hydroxyl groups is 1. The standard InChI is InChI=1S/C73H142O5/c1-3-5-7-9-11-13-15-17-19-21-23-25-27-29-30-31-32-33-34-35-36-37-38-39-40-41-42-44-45-47-49-51-53-55-57-59-61-63-65-67-72(75)77-70-71(69-74)78-73(76)68-66-64-62-60-58-56-54-52-50-48-46-43-28-26-24-22-20-18-16-14-12-10-8-6-4-2/h22,24,71,74H,3-21,23,25-70H2,1-2H3/b24-22-. The van der Waals surface area contributed by atoms with Gasteiger partial charge in [0.2, 0.25) is 0 Å². The minimum absolute atomic E-state index is 0.0577. The Kier molecular flexibility index (Phi) is 68.7. The van der Waals surface area contributed by atoms with E-state index in [1.165, 1.54) is 366 Å². The molecular formula is C73H142O5. The summed E-state index contributed by atoms with van der Waals surface area (Å²) in [5, 5.41) is 9.70. The van der Waals surface area contributed by atoms with Crippen LogP contribution in [0.2, 0.25) is 0 Å². The van der Waals surface area contributed by atoms with Crippen LogP contribution in [0.15, 0.2) is 12.2 Å². The number of unbranched alkanes of at least 4 members (excludes halogenated alkanes) is 59. The zero-order chi connectivity index (χ0) is 56.2. The van der Waals surface area contributed by atoms with E-state index in [2.05, 4.69) is 26.0 Å². The molecule has 5 heteroatoms. The highest BCUT2D eigenvalue weighted by atomic mass is 16.6. The lowest BCUT2D eigenvalue weighted by molar-refractivity contribution is -0.161. The highest BCUT2D eigenvalue weighted by Gasteiger charge is 2.16. The maximum Gasteiger partial charge on any atom is 0.306 e.